The lowest BCUT2D eigenvalue weighted by Gasteiger charge is -1.97. The average Bonchev–Trinajstić information content (AvgIpc) is 2.16. The molecule has 0 spiro atoms. The molecule has 64 valence electrons. The van der Waals surface area contributed by atoms with Gasteiger partial charge in [0.05, 0.1) is 0 Å². The zero-order valence-corrected chi connectivity index (χ0v) is 7.20. The van der Waals surface area contributed by atoms with Gasteiger partial charge in [0.2, 0.25) is 0 Å². The van der Waals surface area contributed by atoms with Crippen LogP contribution in [0.25, 0.3) is 0 Å². The summed E-state index contributed by atoms with van der Waals surface area (Å²) in [5.74, 6) is 4.86. The molecule has 0 heterocycles. The first kappa shape index (κ1) is 9.21. The Bertz CT molecular complexity index is 394. The van der Waals surface area contributed by atoms with E-state index >= 15 is 0 Å². The number of hydrogen-bond acceptors (Lipinski definition) is 2. The number of hydrogen-bond donors (Lipinski definition) is 0. The smallest absolute Gasteiger partial charge is 0.193 e. The topological polar surface area (TPSA) is 34.1 Å². The summed E-state index contributed by atoms with van der Waals surface area (Å²) in [5.41, 5.74) is 2.11. The Kier molecular flexibility index (Phi) is 2.99. The first-order valence-corrected chi connectivity index (χ1v) is 3.79. The van der Waals surface area contributed by atoms with Crippen LogP contribution in [-0.2, 0) is 4.79 Å². The second-order valence-corrected chi connectivity index (χ2v) is 2.60. The summed E-state index contributed by atoms with van der Waals surface area (Å²) in [6.45, 7) is 1.89. The molecule has 1 rings (SSSR count). The summed E-state index contributed by atoms with van der Waals surface area (Å²) < 4.78 is 0. The van der Waals surface area contributed by atoms with Crippen LogP contribution in [0.3, 0.4) is 0 Å². The molecule has 0 aliphatic heterocycles. The highest BCUT2D eigenvalue weighted by Gasteiger charge is 1.97. The Labute approximate surface area is 76.6 Å². The molecule has 0 unspecified atom stereocenters. The van der Waals surface area contributed by atoms with E-state index in [-0.39, 0.29) is 0 Å². The molecule has 13 heavy (non-hydrogen) atoms. The van der Waals surface area contributed by atoms with Crippen LogP contribution in [0, 0.1) is 18.8 Å². The van der Waals surface area contributed by atoms with E-state index in [2.05, 4.69) is 11.8 Å². The van der Waals surface area contributed by atoms with Crippen molar-refractivity contribution in [3.63, 3.8) is 0 Å². The number of aldehydes is 2. The summed E-state index contributed by atoms with van der Waals surface area (Å²) >= 11 is 0. The molecule has 0 N–H and O–H groups in total. The maximum Gasteiger partial charge on any atom is 0.193 e. The van der Waals surface area contributed by atoms with Crippen molar-refractivity contribution in [2.45, 2.75) is 6.92 Å². The van der Waals surface area contributed by atoms with E-state index in [1.54, 1.807) is 12.1 Å². The third-order valence-electron chi connectivity index (χ3n) is 1.60. The molecule has 0 bridgehead atoms. The third-order valence-corrected chi connectivity index (χ3v) is 1.60. The maximum absolute atomic E-state index is 10.6. The molecule has 0 radical (unpaired) electrons. The van der Waals surface area contributed by atoms with Crippen molar-refractivity contribution in [3.8, 4) is 11.8 Å². The molecule has 0 aliphatic carbocycles. The molecule has 0 aromatic heterocycles. The molecular formula is C11H8O2. The molecule has 2 heteroatoms. The van der Waals surface area contributed by atoms with Crippen LogP contribution >= 0.6 is 0 Å². The average molecular weight is 172 g/mol. The van der Waals surface area contributed by atoms with Gasteiger partial charge in [0.1, 0.15) is 0 Å². The van der Waals surface area contributed by atoms with Crippen molar-refractivity contribution >= 4 is 12.6 Å². The van der Waals surface area contributed by atoms with Crippen molar-refractivity contribution in [3.05, 3.63) is 34.9 Å². The summed E-state index contributed by atoms with van der Waals surface area (Å²) in [6, 6.07) is 5.32. The highest BCUT2D eigenvalue weighted by atomic mass is 16.1. The second-order valence-electron chi connectivity index (χ2n) is 2.60. The molecule has 0 atom stereocenters. The van der Waals surface area contributed by atoms with Gasteiger partial charge < -0.3 is 0 Å². The molecule has 0 saturated heterocycles. The minimum Gasteiger partial charge on any atom is -0.298 e. The van der Waals surface area contributed by atoms with E-state index in [4.69, 9.17) is 0 Å². The van der Waals surface area contributed by atoms with Gasteiger partial charge in [-0.15, -0.1) is 0 Å². The second kappa shape index (κ2) is 4.22. The fraction of sp³-hybridized carbons (Fsp3) is 0.0909. The van der Waals surface area contributed by atoms with Crippen LogP contribution in [0.2, 0.25) is 0 Å². The van der Waals surface area contributed by atoms with Gasteiger partial charge in [-0.25, -0.2) is 0 Å². The normalized spacial score (nSPS) is 8.38. The van der Waals surface area contributed by atoms with Crippen LogP contribution in [0.1, 0.15) is 21.5 Å². The molecular weight excluding hydrogens is 164 g/mol. The lowest BCUT2D eigenvalue weighted by molar-refractivity contribution is -0.103. The van der Waals surface area contributed by atoms with E-state index in [0.29, 0.717) is 17.4 Å². The van der Waals surface area contributed by atoms with Crippen LogP contribution in [0.5, 0.6) is 0 Å². The molecule has 0 saturated carbocycles. The molecule has 0 amide bonds. The van der Waals surface area contributed by atoms with Crippen LogP contribution in [0.4, 0.5) is 0 Å². The minimum atomic E-state index is 0.508. The van der Waals surface area contributed by atoms with Crippen molar-refractivity contribution in [2.24, 2.45) is 0 Å². The largest absolute Gasteiger partial charge is 0.298 e. The van der Waals surface area contributed by atoms with Gasteiger partial charge in [0, 0.05) is 11.1 Å². The third kappa shape index (κ3) is 2.28. The number of carbonyl (C=O) groups is 2. The van der Waals surface area contributed by atoms with E-state index in [1.165, 1.54) is 0 Å². The van der Waals surface area contributed by atoms with Gasteiger partial charge in [0.25, 0.3) is 0 Å². The van der Waals surface area contributed by atoms with E-state index < -0.39 is 0 Å². The zero-order valence-electron chi connectivity index (χ0n) is 7.20. The molecule has 2 nitrogen and oxygen atoms in total. The number of benzene rings is 1. The lowest BCUT2D eigenvalue weighted by atomic mass is 10.1. The summed E-state index contributed by atoms with van der Waals surface area (Å²) in [7, 11) is 0. The molecule has 0 aliphatic rings. The van der Waals surface area contributed by atoms with Crippen LogP contribution in [0.15, 0.2) is 18.2 Å². The first-order valence-electron chi connectivity index (χ1n) is 3.79. The Balaban J connectivity index is 3.20. The van der Waals surface area contributed by atoms with E-state index in [0.717, 1.165) is 11.8 Å². The fourth-order valence-corrected chi connectivity index (χ4v) is 1.00. The monoisotopic (exact) mass is 172 g/mol. The Hall–Kier alpha value is -1.88. The Morgan fingerprint density at radius 2 is 2.08 bits per heavy atom. The van der Waals surface area contributed by atoms with Gasteiger partial charge >= 0.3 is 0 Å². The van der Waals surface area contributed by atoms with Gasteiger partial charge in [-0.05, 0) is 25.0 Å². The van der Waals surface area contributed by atoms with Crippen LogP contribution < -0.4 is 0 Å². The molecule has 1 aromatic carbocycles. The Morgan fingerprint density at radius 3 is 2.69 bits per heavy atom. The zero-order chi connectivity index (χ0) is 9.68. The fourth-order valence-electron chi connectivity index (χ4n) is 1.00. The van der Waals surface area contributed by atoms with Crippen molar-refractivity contribution in [1.82, 2.24) is 0 Å². The van der Waals surface area contributed by atoms with Crippen molar-refractivity contribution < 1.29 is 9.59 Å². The van der Waals surface area contributed by atoms with E-state index in [9.17, 15) is 9.59 Å². The number of carbonyl (C=O) groups excluding carboxylic acids is 2. The maximum atomic E-state index is 10.6. The summed E-state index contributed by atoms with van der Waals surface area (Å²) in [5, 5.41) is 0. The standard InChI is InChI=1S/C11H8O2/c1-9-4-5-10(3-2-6-12)11(7-9)8-13/h4-8H,1H3. The first-order chi connectivity index (χ1) is 6.27. The minimum absolute atomic E-state index is 0.508. The van der Waals surface area contributed by atoms with E-state index in [1.807, 2.05) is 13.0 Å². The summed E-state index contributed by atoms with van der Waals surface area (Å²) in [6.07, 6.45) is 1.25. The van der Waals surface area contributed by atoms with Gasteiger partial charge in [-0.1, -0.05) is 17.6 Å². The van der Waals surface area contributed by atoms with Crippen molar-refractivity contribution in [1.29, 1.82) is 0 Å². The summed E-state index contributed by atoms with van der Waals surface area (Å²) in [4.78, 5) is 20.6. The van der Waals surface area contributed by atoms with Gasteiger partial charge in [-0.2, -0.15) is 0 Å². The predicted molar refractivity (Wildman–Crippen MR) is 49.5 cm³/mol. The van der Waals surface area contributed by atoms with Crippen molar-refractivity contribution in [2.75, 3.05) is 0 Å². The highest BCUT2D eigenvalue weighted by Crippen LogP contribution is 2.07. The highest BCUT2D eigenvalue weighted by molar-refractivity contribution is 5.82. The van der Waals surface area contributed by atoms with Gasteiger partial charge in [-0.3, -0.25) is 9.59 Å². The lowest BCUT2D eigenvalue weighted by Crippen LogP contribution is -1.88. The quantitative estimate of drug-likeness (QED) is 0.473. The molecule has 1 aromatic rings. The SMILES string of the molecule is Cc1ccc(C#CC=O)c(C=O)c1. The predicted octanol–water partition coefficient (Wildman–Crippen LogP) is 1.36. The molecule has 0 fully saturated rings. The van der Waals surface area contributed by atoms with Gasteiger partial charge in [0.15, 0.2) is 12.6 Å². The van der Waals surface area contributed by atoms with Crippen LogP contribution in [-0.4, -0.2) is 12.6 Å². The number of rotatable bonds is 1. The number of aryl methyl sites for hydroxylation is 1. The Morgan fingerprint density at radius 1 is 1.31 bits per heavy atom.